The highest BCUT2D eigenvalue weighted by atomic mass is 32.2. The number of aromatic nitrogens is 2. The van der Waals surface area contributed by atoms with Crippen molar-refractivity contribution in [3.05, 3.63) is 77.6 Å². The molecule has 0 fully saturated rings. The van der Waals surface area contributed by atoms with Gasteiger partial charge >= 0.3 is 12.1 Å². The first-order chi connectivity index (χ1) is 17.2. The summed E-state index contributed by atoms with van der Waals surface area (Å²) in [5.74, 6) is -1.72. The quantitative estimate of drug-likeness (QED) is 0.258. The van der Waals surface area contributed by atoms with Crippen LogP contribution in [-0.2, 0) is 24.4 Å². The lowest BCUT2D eigenvalue weighted by Gasteiger charge is -2.22. The van der Waals surface area contributed by atoms with Crippen molar-refractivity contribution in [1.29, 1.82) is 0 Å². The van der Waals surface area contributed by atoms with Crippen molar-refractivity contribution in [2.75, 3.05) is 0 Å². The zero-order valence-electron chi connectivity index (χ0n) is 20.8. The minimum absolute atomic E-state index is 0.111. The number of pyridine rings is 1. The first-order valence-electron chi connectivity index (χ1n) is 11.6. The van der Waals surface area contributed by atoms with Gasteiger partial charge < -0.3 is 14.8 Å². The molecule has 0 aliphatic rings. The topological polar surface area (TPSA) is 75.4 Å². The van der Waals surface area contributed by atoms with Crippen LogP contribution in [0, 0.1) is 0 Å². The van der Waals surface area contributed by atoms with Crippen molar-refractivity contribution < 1.29 is 28.2 Å². The molecular formula is C28H27F3N2O3S. The molecule has 9 heteroatoms. The summed E-state index contributed by atoms with van der Waals surface area (Å²) in [6, 6.07) is 14.3. The second-order valence-corrected chi connectivity index (χ2v) is 11.7. The Morgan fingerprint density at radius 2 is 1.73 bits per heavy atom. The van der Waals surface area contributed by atoms with E-state index in [9.17, 15) is 28.2 Å². The third-order valence-corrected chi connectivity index (χ3v) is 7.24. The van der Waals surface area contributed by atoms with Gasteiger partial charge in [0.15, 0.2) is 0 Å². The van der Waals surface area contributed by atoms with Gasteiger partial charge in [0.05, 0.1) is 11.3 Å². The summed E-state index contributed by atoms with van der Waals surface area (Å²) < 4.78 is 40.2. The van der Waals surface area contributed by atoms with Crippen molar-refractivity contribution in [2.24, 2.45) is 7.05 Å². The van der Waals surface area contributed by atoms with E-state index in [1.165, 1.54) is 6.07 Å². The number of carboxylic acid groups (broad SMARTS) is 1. The van der Waals surface area contributed by atoms with E-state index in [-0.39, 0.29) is 16.9 Å². The van der Waals surface area contributed by atoms with Crippen molar-refractivity contribution in [1.82, 2.24) is 9.55 Å². The molecule has 0 saturated heterocycles. The van der Waals surface area contributed by atoms with E-state index >= 15 is 0 Å². The minimum atomic E-state index is -4.45. The third-order valence-electron chi connectivity index (χ3n) is 6.00. The van der Waals surface area contributed by atoms with E-state index in [0.29, 0.717) is 17.0 Å². The van der Waals surface area contributed by atoms with E-state index < -0.39 is 23.6 Å². The van der Waals surface area contributed by atoms with Crippen LogP contribution in [0.5, 0.6) is 5.75 Å². The summed E-state index contributed by atoms with van der Waals surface area (Å²) in [5, 5.41) is 21.2. The maximum Gasteiger partial charge on any atom is 0.417 e. The molecule has 2 N–H and O–H groups in total. The van der Waals surface area contributed by atoms with Crippen LogP contribution in [-0.4, -0.2) is 30.5 Å². The van der Waals surface area contributed by atoms with Crippen LogP contribution >= 0.6 is 11.8 Å². The zero-order chi connectivity index (χ0) is 27.1. The van der Waals surface area contributed by atoms with Gasteiger partial charge in [-0.15, -0.1) is 11.8 Å². The molecule has 37 heavy (non-hydrogen) atoms. The normalized spacial score (nSPS) is 13.2. The number of halogens is 3. The number of fused-ring (bicyclic) bond motifs is 1. The van der Waals surface area contributed by atoms with Crippen molar-refractivity contribution in [3.8, 4) is 17.0 Å². The number of rotatable bonds is 6. The van der Waals surface area contributed by atoms with Gasteiger partial charge in [0.1, 0.15) is 11.7 Å². The molecule has 0 radical (unpaired) electrons. The molecule has 2 aromatic heterocycles. The minimum Gasteiger partial charge on any atom is -0.508 e. The van der Waals surface area contributed by atoms with Gasteiger partial charge in [-0.25, -0.2) is 0 Å². The standard InChI is InChI=1S/C28H27F3N2O3S/c1-27(2,3)37-25-20-14-19(34)10-12-23(20)33(4)24(25)21(26(35)36)13-16-5-7-17(8-6-16)22-11-9-18(15-32-22)28(29,30)31/h5-12,14-15,21,34H,13H2,1-4H3,(H,35,36). The first-order valence-corrected chi connectivity index (χ1v) is 12.4. The summed E-state index contributed by atoms with van der Waals surface area (Å²) in [6.07, 6.45) is -3.44. The smallest absolute Gasteiger partial charge is 0.417 e. The molecule has 0 saturated carbocycles. The highest BCUT2D eigenvalue weighted by molar-refractivity contribution is 8.00. The third kappa shape index (κ3) is 5.77. The van der Waals surface area contributed by atoms with Crippen LogP contribution < -0.4 is 0 Å². The molecule has 0 amide bonds. The number of phenolic OH excluding ortho intramolecular Hbond substituents is 1. The van der Waals surface area contributed by atoms with Gasteiger partial charge in [0, 0.05) is 45.0 Å². The van der Waals surface area contributed by atoms with E-state index in [4.69, 9.17) is 0 Å². The first kappa shape index (κ1) is 26.6. The molecule has 5 nitrogen and oxygen atoms in total. The Labute approximate surface area is 217 Å². The molecule has 4 aromatic rings. The fourth-order valence-electron chi connectivity index (χ4n) is 4.30. The SMILES string of the molecule is Cn1c(C(Cc2ccc(-c3ccc(C(F)(F)F)cn3)cc2)C(=O)O)c(SC(C)(C)C)c2cc(O)ccc21. The molecule has 0 aliphatic heterocycles. The number of aryl methyl sites for hydroxylation is 1. The van der Waals surface area contributed by atoms with Gasteiger partial charge in [-0.05, 0) is 42.3 Å². The molecule has 0 spiro atoms. The van der Waals surface area contributed by atoms with Crippen LogP contribution in [0.2, 0.25) is 0 Å². The summed E-state index contributed by atoms with van der Waals surface area (Å²) in [7, 11) is 1.83. The largest absolute Gasteiger partial charge is 0.508 e. The Kier molecular flexibility index (Phi) is 7.03. The van der Waals surface area contributed by atoms with Crippen LogP contribution in [0.25, 0.3) is 22.2 Å². The summed E-state index contributed by atoms with van der Waals surface area (Å²) in [5.41, 5.74) is 2.46. The predicted molar refractivity (Wildman–Crippen MR) is 139 cm³/mol. The number of nitrogens with zero attached hydrogens (tertiary/aromatic N) is 2. The number of aliphatic carboxylic acids is 1. The number of aromatic hydroxyl groups is 1. The predicted octanol–water partition coefficient (Wildman–Crippen LogP) is 7.27. The van der Waals surface area contributed by atoms with Gasteiger partial charge in [-0.1, -0.05) is 45.0 Å². The maximum absolute atomic E-state index is 12.8. The van der Waals surface area contributed by atoms with Gasteiger partial charge in [0.2, 0.25) is 0 Å². The molecule has 1 unspecified atom stereocenters. The lowest BCUT2D eigenvalue weighted by molar-refractivity contribution is -0.139. The second-order valence-electron chi connectivity index (χ2n) is 9.91. The molecule has 1 atom stereocenters. The average molecular weight is 529 g/mol. The van der Waals surface area contributed by atoms with E-state index in [2.05, 4.69) is 4.98 Å². The Balaban J connectivity index is 1.69. The highest BCUT2D eigenvalue weighted by Crippen LogP contribution is 2.44. The monoisotopic (exact) mass is 528 g/mol. The number of hydrogen-bond donors (Lipinski definition) is 2. The molecule has 2 heterocycles. The average Bonchev–Trinajstić information content (AvgIpc) is 3.06. The zero-order valence-corrected chi connectivity index (χ0v) is 21.6. The Bertz CT molecular complexity index is 1440. The molecular weight excluding hydrogens is 501 g/mol. The van der Waals surface area contributed by atoms with E-state index in [0.717, 1.165) is 33.6 Å². The van der Waals surface area contributed by atoms with Gasteiger partial charge in [-0.2, -0.15) is 13.2 Å². The van der Waals surface area contributed by atoms with Gasteiger partial charge in [0.25, 0.3) is 0 Å². The fraction of sp³-hybridized carbons (Fsp3) is 0.286. The lowest BCUT2D eigenvalue weighted by Crippen LogP contribution is -2.19. The van der Waals surface area contributed by atoms with Crippen molar-refractivity contribution in [3.63, 3.8) is 0 Å². The molecule has 194 valence electrons. The number of carboxylic acids is 1. The molecule has 0 aliphatic carbocycles. The van der Waals surface area contributed by atoms with E-state index in [1.807, 2.05) is 32.4 Å². The van der Waals surface area contributed by atoms with Crippen LogP contribution in [0.3, 0.4) is 0 Å². The number of phenols is 1. The Morgan fingerprint density at radius 3 is 2.27 bits per heavy atom. The van der Waals surface area contributed by atoms with Crippen LogP contribution in [0.4, 0.5) is 13.2 Å². The number of benzene rings is 2. The number of carbonyl (C=O) groups is 1. The summed E-state index contributed by atoms with van der Waals surface area (Å²) in [6.45, 7) is 6.15. The number of hydrogen-bond acceptors (Lipinski definition) is 4. The molecule has 2 aromatic carbocycles. The molecule has 4 rings (SSSR count). The highest BCUT2D eigenvalue weighted by Gasteiger charge is 2.32. The van der Waals surface area contributed by atoms with E-state index in [1.54, 1.807) is 54.2 Å². The molecule has 0 bridgehead atoms. The van der Waals surface area contributed by atoms with Crippen molar-refractivity contribution in [2.45, 2.75) is 48.9 Å². The second kappa shape index (κ2) is 9.78. The number of thioether (sulfide) groups is 1. The van der Waals surface area contributed by atoms with Crippen LogP contribution in [0.15, 0.2) is 65.7 Å². The van der Waals surface area contributed by atoms with Crippen molar-refractivity contribution >= 4 is 28.6 Å². The van der Waals surface area contributed by atoms with Crippen LogP contribution in [0.1, 0.15) is 43.5 Å². The Hall–Kier alpha value is -3.46. The summed E-state index contributed by atoms with van der Waals surface area (Å²) in [4.78, 5) is 17.3. The number of alkyl halides is 3. The maximum atomic E-state index is 12.8. The lowest BCUT2D eigenvalue weighted by atomic mass is 9.95. The fourth-order valence-corrected chi connectivity index (χ4v) is 5.57. The van der Waals surface area contributed by atoms with Gasteiger partial charge in [-0.3, -0.25) is 9.78 Å². The summed E-state index contributed by atoms with van der Waals surface area (Å²) >= 11 is 1.56. The Morgan fingerprint density at radius 1 is 1.05 bits per heavy atom.